The van der Waals surface area contributed by atoms with E-state index in [1.165, 1.54) is 29.5 Å². The summed E-state index contributed by atoms with van der Waals surface area (Å²) in [5, 5.41) is 0. The highest BCUT2D eigenvalue weighted by atomic mass is 16.5. The molecule has 0 radical (unpaired) electrons. The smallest absolute Gasteiger partial charge is 0.0469 e. The third-order valence-electron chi connectivity index (χ3n) is 4.38. The van der Waals surface area contributed by atoms with Gasteiger partial charge < -0.3 is 15.4 Å². The molecule has 3 heteroatoms. The maximum absolute atomic E-state index is 6.35. The molecule has 3 nitrogen and oxygen atoms in total. The minimum Gasteiger partial charge on any atom is -0.381 e. The topological polar surface area (TPSA) is 38.5 Å². The van der Waals surface area contributed by atoms with E-state index in [2.05, 4.69) is 44.0 Å². The van der Waals surface area contributed by atoms with E-state index in [1.807, 2.05) is 0 Å². The van der Waals surface area contributed by atoms with Crippen molar-refractivity contribution in [1.82, 2.24) is 4.90 Å². The Balaban J connectivity index is 1.86. The highest BCUT2D eigenvalue weighted by molar-refractivity contribution is 5.31. The third kappa shape index (κ3) is 4.30. The molecule has 2 rings (SSSR count). The summed E-state index contributed by atoms with van der Waals surface area (Å²) in [5.74, 6) is 0.765. The molecule has 0 bridgehead atoms. The number of nitrogens with zero attached hydrogens (tertiary/aromatic N) is 1. The van der Waals surface area contributed by atoms with Crippen molar-refractivity contribution in [2.24, 2.45) is 11.7 Å². The maximum atomic E-state index is 6.35. The van der Waals surface area contributed by atoms with Crippen molar-refractivity contribution in [3.63, 3.8) is 0 Å². The molecule has 0 saturated carbocycles. The van der Waals surface area contributed by atoms with Crippen LogP contribution in [0.2, 0.25) is 0 Å². The van der Waals surface area contributed by atoms with Crippen LogP contribution in [-0.4, -0.2) is 38.3 Å². The quantitative estimate of drug-likeness (QED) is 0.898. The minimum atomic E-state index is 0.0964. The Bertz CT molecular complexity index is 427. The average Bonchev–Trinajstić information content (AvgIpc) is 2.42. The molecule has 1 aliphatic rings. The van der Waals surface area contributed by atoms with Gasteiger partial charge in [-0.25, -0.2) is 0 Å². The van der Waals surface area contributed by atoms with Crippen LogP contribution in [0.5, 0.6) is 0 Å². The van der Waals surface area contributed by atoms with Gasteiger partial charge in [0.2, 0.25) is 0 Å². The Morgan fingerprint density at radius 2 is 1.95 bits per heavy atom. The fraction of sp³-hybridized carbons (Fsp3) is 0.647. The van der Waals surface area contributed by atoms with Gasteiger partial charge in [0.15, 0.2) is 0 Å². The normalized spacial score (nSPS) is 18.4. The van der Waals surface area contributed by atoms with Crippen LogP contribution in [0.1, 0.15) is 35.6 Å². The second-order valence-electron chi connectivity index (χ2n) is 6.23. The Morgan fingerprint density at radius 1 is 1.25 bits per heavy atom. The van der Waals surface area contributed by atoms with E-state index in [0.717, 1.165) is 32.2 Å². The fourth-order valence-electron chi connectivity index (χ4n) is 2.88. The highest BCUT2D eigenvalue weighted by Crippen LogP contribution is 2.19. The predicted octanol–water partition coefficient (Wildman–Crippen LogP) is 2.66. The van der Waals surface area contributed by atoms with Gasteiger partial charge in [0.05, 0.1) is 0 Å². The molecule has 1 aliphatic heterocycles. The van der Waals surface area contributed by atoms with E-state index in [-0.39, 0.29) is 6.04 Å². The van der Waals surface area contributed by atoms with Crippen LogP contribution in [0.4, 0.5) is 0 Å². The van der Waals surface area contributed by atoms with Gasteiger partial charge in [-0.2, -0.15) is 0 Å². The zero-order chi connectivity index (χ0) is 14.5. The van der Waals surface area contributed by atoms with Crippen molar-refractivity contribution < 1.29 is 4.74 Å². The fourth-order valence-corrected chi connectivity index (χ4v) is 2.88. The number of hydrogen-bond acceptors (Lipinski definition) is 3. The van der Waals surface area contributed by atoms with Crippen molar-refractivity contribution >= 4 is 0 Å². The molecule has 1 unspecified atom stereocenters. The molecule has 0 aliphatic carbocycles. The molecule has 1 fully saturated rings. The number of aryl methyl sites for hydroxylation is 2. The molecule has 112 valence electrons. The Kier molecular flexibility index (Phi) is 5.58. The molecule has 0 aromatic heterocycles. The molecule has 0 spiro atoms. The first-order chi connectivity index (χ1) is 9.56. The molecule has 1 saturated heterocycles. The lowest BCUT2D eigenvalue weighted by Gasteiger charge is -2.28. The van der Waals surface area contributed by atoms with Crippen LogP contribution >= 0.6 is 0 Å². The Morgan fingerprint density at radius 3 is 2.60 bits per heavy atom. The molecule has 20 heavy (non-hydrogen) atoms. The number of ether oxygens (including phenoxy) is 1. The number of benzene rings is 1. The number of likely N-dealkylation sites (N-methyl/N-ethyl adjacent to an activating group) is 1. The van der Waals surface area contributed by atoms with Crippen LogP contribution in [-0.2, 0) is 4.74 Å². The summed E-state index contributed by atoms with van der Waals surface area (Å²) in [6.45, 7) is 8.17. The third-order valence-corrected chi connectivity index (χ3v) is 4.38. The summed E-state index contributed by atoms with van der Waals surface area (Å²) in [7, 11) is 2.18. The summed E-state index contributed by atoms with van der Waals surface area (Å²) in [5.41, 5.74) is 10.3. The zero-order valence-electron chi connectivity index (χ0n) is 13.1. The number of hydrogen-bond donors (Lipinski definition) is 1. The van der Waals surface area contributed by atoms with Gasteiger partial charge in [-0.1, -0.05) is 18.2 Å². The number of nitrogens with two attached hydrogens (primary N) is 1. The maximum Gasteiger partial charge on any atom is 0.0469 e. The van der Waals surface area contributed by atoms with Crippen molar-refractivity contribution in [1.29, 1.82) is 0 Å². The molecule has 0 amide bonds. The molecule has 1 aromatic rings. The van der Waals surface area contributed by atoms with Crippen molar-refractivity contribution in [2.75, 3.05) is 33.4 Å². The zero-order valence-corrected chi connectivity index (χ0v) is 13.1. The van der Waals surface area contributed by atoms with E-state index in [9.17, 15) is 0 Å². The summed E-state index contributed by atoms with van der Waals surface area (Å²) in [4.78, 5) is 2.37. The SMILES string of the molecule is Cc1ccc(C(N)CN(C)CC2CCOCC2)cc1C. The molecule has 1 heterocycles. The molecule has 1 aromatic carbocycles. The van der Waals surface area contributed by atoms with E-state index >= 15 is 0 Å². The summed E-state index contributed by atoms with van der Waals surface area (Å²) >= 11 is 0. The van der Waals surface area contributed by atoms with Gasteiger partial charge in [0.25, 0.3) is 0 Å². The largest absolute Gasteiger partial charge is 0.381 e. The van der Waals surface area contributed by atoms with Crippen molar-refractivity contribution in [2.45, 2.75) is 32.7 Å². The highest BCUT2D eigenvalue weighted by Gasteiger charge is 2.17. The predicted molar refractivity (Wildman–Crippen MR) is 83.9 cm³/mol. The summed E-state index contributed by atoms with van der Waals surface area (Å²) < 4.78 is 5.41. The lowest BCUT2D eigenvalue weighted by molar-refractivity contribution is 0.0551. The van der Waals surface area contributed by atoms with E-state index in [0.29, 0.717) is 0 Å². The second-order valence-corrected chi connectivity index (χ2v) is 6.23. The van der Waals surface area contributed by atoms with Crippen LogP contribution in [0.25, 0.3) is 0 Å². The van der Waals surface area contributed by atoms with Crippen LogP contribution < -0.4 is 5.73 Å². The minimum absolute atomic E-state index is 0.0964. The van der Waals surface area contributed by atoms with Gasteiger partial charge in [0.1, 0.15) is 0 Å². The molecule has 1 atom stereocenters. The summed E-state index contributed by atoms with van der Waals surface area (Å²) in [6, 6.07) is 6.65. The standard InChI is InChI=1S/C17H28N2O/c1-13-4-5-16(10-14(13)2)17(18)12-19(3)11-15-6-8-20-9-7-15/h4-5,10,15,17H,6-9,11-12,18H2,1-3H3. The molecular formula is C17H28N2O. The Hall–Kier alpha value is -0.900. The van der Waals surface area contributed by atoms with Gasteiger partial charge >= 0.3 is 0 Å². The van der Waals surface area contributed by atoms with E-state index in [4.69, 9.17) is 10.5 Å². The first-order valence-electron chi connectivity index (χ1n) is 7.65. The van der Waals surface area contributed by atoms with E-state index < -0.39 is 0 Å². The lowest BCUT2D eigenvalue weighted by atomic mass is 9.98. The van der Waals surface area contributed by atoms with Crippen LogP contribution in [0.3, 0.4) is 0 Å². The molecule has 2 N–H and O–H groups in total. The summed E-state index contributed by atoms with van der Waals surface area (Å²) in [6.07, 6.45) is 2.37. The van der Waals surface area contributed by atoms with Gasteiger partial charge in [0, 0.05) is 32.3 Å². The van der Waals surface area contributed by atoms with Gasteiger partial charge in [-0.15, -0.1) is 0 Å². The molecular weight excluding hydrogens is 248 g/mol. The second kappa shape index (κ2) is 7.21. The van der Waals surface area contributed by atoms with Gasteiger partial charge in [-0.3, -0.25) is 0 Å². The average molecular weight is 276 g/mol. The lowest BCUT2D eigenvalue weighted by Crippen LogP contribution is -2.34. The Labute approximate surface area is 123 Å². The first-order valence-corrected chi connectivity index (χ1v) is 7.65. The monoisotopic (exact) mass is 276 g/mol. The van der Waals surface area contributed by atoms with Crippen molar-refractivity contribution in [3.05, 3.63) is 34.9 Å². The van der Waals surface area contributed by atoms with Crippen LogP contribution in [0.15, 0.2) is 18.2 Å². The first kappa shape index (κ1) is 15.5. The van der Waals surface area contributed by atoms with Gasteiger partial charge in [-0.05, 0) is 56.3 Å². The van der Waals surface area contributed by atoms with Crippen molar-refractivity contribution in [3.8, 4) is 0 Å². The van der Waals surface area contributed by atoms with Crippen LogP contribution in [0, 0.1) is 19.8 Å². The number of rotatable bonds is 5. The van der Waals surface area contributed by atoms with E-state index in [1.54, 1.807) is 0 Å².